The van der Waals surface area contributed by atoms with E-state index in [0.29, 0.717) is 22.8 Å². The van der Waals surface area contributed by atoms with Crippen LogP contribution in [0.2, 0.25) is 0 Å². The van der Waals surface area contributed by atoms with Crippen LogP contribution in [-0.4, -0.2) is 63.6 Å². The second-order valence-corrected chi connectivity index (χ2v) is 7.64. The third-order valence-electron chi connectivity index (χ3n) is 5.61. The van der Waals surface area contributed by atoms with Gasteiger partial charge in [-0.05, 0) is 49.0 Å². The fourth-order valence-corrected chi connectivity index (χ4v) is 3.66. The molecule has 7 nitrogen and oxygen atoms in total. The maximum Gasteiger partial charge on any atom is 0.239 e. The summed E-state index contributed by atoms with van der Waals surface area (Å²) in [6, 6.07) is 17.5. The van der Waals surface area contributed by atoms with Gasteiger partial charge in [0.05, 0.1) is 20.6 Å². The zero-order valence-corrected chi connectivity index (χ0v) is 18.5. The Kier molecular flexibility index (Phi) is 6.43. The molecule has 164 valence electrons. The number of nitrogens with zero attached hydrogens (tertiary/aromatic N) is 4. The van der Waals surface area contributed by atoms with Crippen molar-refractivity contribution in [2.75, 3.05) is 47.4 Å². The highest BCUT2D eigenvalue weighted by Crippen LogP contribution is 2.43. The lowest BCUT2D eigenvalue weighted by Crippen LogP contribution is -2.43. The first-order valence-electron chi connectivity index (χ1n) is 10.5. The molecule has 32 heavy (non-hydrogen) atoms. The molecule has 3 aromatic rings. The van der Waals surface area contributed by atoms with Crippen LogP contribution in [0.1, 0.15) is 5.56 Å². The van der Waals surface area contributed by atoms with Crippen LogP contribution in [0.25, 0.3) is 22.5 Å². The van der Waals surface area contributed by atoms with Crippen LogP contribution in [0, 0.1) is 11.3 Å². The summed E-state index contributed by atoms with van der Waals surface area (Å²) in [6.07, 6.45) is 1.78. The molecule has 0 unspecified atom stereocenters. The number of benzene rings is 2. The number of furan rings is 1. The molecular weight excluding hydrogens is 404 g/mol. The van der Waals surface area contributed by atoms with Crippen LogP contribution in [0.3, 0.4) is 0 Å². The monoisotopic (exact) mass is 430 g/mol. The fourth-order valence-electron chi connectivity index (χ4n) is 3.66. The van der Waals surface area contributed by atoms with Crippen LogP contribution in [-0.2, 0) is 0 Å². The molecule has 4 rings (SSSR count). The fraction of sp³-hybridized carbons (Fsp3) is 0.280. The second-order valence-electron chi connectivity index (χ2n) is 7.64. The van der Waals surface area contributed by atoms with E-state index in [-0.39, 0.29) is 0 Å². The summed E-state index contributed by atoms with van der Waals surface area (Å²) in [7, 11) is 5.36. The predicted octanol–water partition coefficient (Wildman–Crippen LogP) is 4.41. The zero-order chi connectivity index (χ0) is 22.5. The van der Waals surface area contributed by atoms with Crippen molar-refractivity contribution in [3.05, 3.63) is 54.1 Å². The van der Waals surface area contributed by atoms with Gasteiger partial charge < -0.3 is 23.7 Å². The Morgan fingerprint density at radius 1 is 0.906 bits per heavy atom. The van der Waals surface area contributed by atoms with E-state index in [2.05, 4.69) is 27.9 Å². The highest BCUT2D eigenvalue weighted by atomic mass is 16.5. The largest absolute Gasteiger partial charge is 0.497 e. The van der Waals surface area contributed by atoms with Gasteiger partial charge in [0.25, 0.3) is 0 Å². The second kappa shape index (κ2) is 9.58. The zero-order valence-electron chi connectivity index (χ0n) is 18.5. The Morgan fingerprint density at radius 2 is 1.47 bits per heavy atom. The summed E-state index contributed by atoms with van der Waals surface area (Å²) < 4.78 is 16.8. The van der Waals surface area contributed by atoms with Crippen molar-refractivity contribution in [3.63, 3.8) is 0 Å². The number of likely N-dealkylation sites (N-methyl/N-ethyl adjacent to an activating group) is 1. The van der Waals surface area contributed by atoms with Gasteiger partial charge in [-0.25, -0.2) is 4.99 Å². The van der Waals surface area contributed by atoms with Crippen LogP contribution < -0.4 is 9.47 Å². The molecule has 0 amide bonds. The SMILES string of the molecule is COc1ccc(-c2oc(N=CN3CCN(C)CC3)c(C#N)c2-c2ccc(OC)cc2)cc1. The standard InChI is InChI=1S/C25H26N4O3/c1-28-12-14-29(15-13-28)17-27-25-22(16-26)23(18-4-8-20(30-2)9-5-18)24(32-25)19-6-10-21(31-3)11-7-19/h4-11,17H,12-15H2,1-3H3. The average Bonchev–Trinajstić information content (AvgIpc) is 3.22. The highest BCUT2D eigenvalue weighted by molar-refractivity contribution is 5.88. The molecule has 2 aromatic carbocycles. The first-order valence-corrected chi connectivity index (χ1v) is 10.5. The van der Waals surface area contributed by atoms with Crippen molar-refractivity contribution in [1.82, 2.24) is 9.80 Å². The number of hydrogen-bond donors (Lipinski definition) is 0. The van der Waals surface area contributed by atoms with E-state index < -0.39 is 0 Å². The smallest absolute Gasteiger partial charge is 0.239 e. The number of piperazine rings is 1. The van der Waals surface area contributed by atoms with E-state index in [1.807, 2.05) is 48.5 Å². The minimum Gasteiger partial charge on any atom is -0.497 e. The van der Waals surface area contributed by atoms with E-state index in [0.717, 1.165) is 48.8 Å². The number of rotatable bonds is 6. The van der Waals surface area contributed by atoms with Crippen molar-refractivity contribution < 1.29 is 13.9 Å². The van der Waals surface area contributed by atoms with Crippen molar-refractivity contribution >= 4 is 12.2 Å². The van der Waals surface area contributed by atoms with Crippen LogP contribution in [0.4, 0.5) is 5.88 Å². The Bertz CT molecular complexity index is 1120. The number of aliphatic imine (C=N–C) groups is 1. The molecular formula is C25H26N4O3. The molecule has 0 N–H and O–H groups in total. The predicted molar refractivity (Wildman–Crippen MR) is 125 cm³/mol. The highest BCUT2D eigenvalue weighted by Gasteiger charge is 2.23. The Hall–Kier alpha value is -3.76. The lowest BCUT2D eigenvalue weighted by atomic mass is 9.98. The molecule has 1 aliphatic rings. The Balaban J connectivity index is 1.78. The molecule has 0 saturated carbocycles. The van der Waals surface area contributed by atoms with E-state index in [1.54, 1.807) is 20.6 Å². The normalized spacial score (nSPS) is 14.5. The molecule has 1 aliphatic heterocycles. The molecule has 0 aliphatic carbocycles. The minimum absolute atomic E-state index is 0.308. The topological polar surface area (TPSA) is 74.2 Å². The first kappa shape index (κ1) is 21.5. The summed E-state index contributed by atoms with van der Waals surface area (Å²) in [4.78, 5) is 8.99. The van der Waals surface area contributed by atoms with Crippen molar-refractivity contribution in [1.29, 1.82) is 5.26 Å². The van der Waals surface area contributed by atoms with Gasteiger partial charge in [0.15, 0.2) is 0 Å². The summed E-state index contributed by atoms with van der Waals surface area (Å²) in [6.45, 7) is 3.73. The summed E-state index contributed by atoms with van der Waals surface area (Å²) >= 11 is 0. The van der Waals surface area contributed by atoms with Gasteiger partial charge in [0, 0.05) is 37.3 Å². The third kappa shape index (κ3) is 4.46. The lowest BCUT2D eigenvalue weighted by molar-refractivity contribution is 0.219. The van der Waals surface area contributed by atoms with Gasteiger partial charge in [-0.1, -0.05) is 12.1 Å². The molecule has 1 fully saturated rings. The Morgan fingerprint density at radius 3 is 2.00 bits per heavy atom. The van der Waals surface area contributed by atoms with Gasteiger partial charge in [-0.3, -0.25) is 0 Å². The molecule has 0 spiro atoms. The molecule has 7 heteroatoms. The number of nitriles is 1. The van der Waals surface area contributed by atoms with Gasteiger partial charge in [0.2, 0.25) is 5.88 Å². The number of hydrogen-bond acceptors (Lipinski definition) is 6. The van der Waals surface area contributed by atoms with Gasteiger partial charge >= 0.3 is 0 Å². The average molecular weight is 431 g/mol. The van der Waals surface area contributed by atoms with Crippen molar-refractivity contribution in [3.8, 4) is 40.0 Å². The quantitative estimate of drug-likeness (QED) is 0.426. The van der Waals surface area contributed by atoms with E-state index in [9.17, 15) is 5.26 Å². The molecule has 0 atom stereocenters. The van der Waals surface area contributed by atoms with Crippen LogP contribution >= 0.6 is 0 Å². The summed E-state index contributed by atoms with van der Waals surface area (Å²) in [5.41, 5.74) is 2.82. The van der Waals surface area contributed by atoms with Gasteiger partial charge in [-0.2, -0.15) is 5.26 Å². The lowest BCUT2D eigenvalue weighted by Gasteiger charge is -2.30. The van der Waals surface area contributed by atoms with Crippen LogP contribution in [0.5, 0.6) is 11.5 Å². The van der Waals surface area contributed by atoms with Gasteiger partial charge in [0.1, 0.15) is 28.9 Å². The van der Waals surface area contributed by atoms with Crippen LogP contribution in [0.15, 0.2) is 57.9 Å². The van der Waals surface area contributed by atoms with E-state index in [4.69, 9.17) is 13.9 Å². The number of methoxy groups -OCH3 is 2. The summed E-state index contributed by atoms with van der Waals surface area (Å²) in [5, 5.41) is 10.0. The summed E-state index contributed by atoms with van der Waals surface area (Å²) in [5.74, 6) is 2.40. The van der Waals surface area contributed by atoms with Crippen molar-refractivity contribution in [2.24, 2.45) is 4.99 Å². The maximum absolute atomic E-state index is 10.0. The molecule has 2 heterocycles. The van der Waals surface area contributed by atoms with E-state index in [1.165, 1.54) is 0 Å². The first-order chi connectivity index (χ1) is 15.6. The molecule has 1 aromatic heterocycles. The Labute approximate surface area is 188 Å². The third-order valence-corrected chi connectivity index (χ3v) is 5.61. The number of ether oxygens (including phenoxy) is 2. The molecule has 0 bridgehead atoms. The van der Waals surface area contributed by atoms with Crippen molar-refractivity contribution in [2.45, 2.75) is 0 Å². The van der Waals surface area contributed by atoms with Gasteiger partial charge in [-0.15, -0.1) is 0 Å². The van der Waals surface area contributed by atoms with E-state index >= 15 is 0 Å². The molecule has 1 saturated heterocycles. The molecule has 0 radical (unpaired) electrons. The maximum atomic E-state index is 10.0. The minimum atomic E-state index is 0.308.